The van der Waals surface area contributed by atoms with Gasteiger partial charge in [0.05, 0.1) is 0 Å². The second kappa shape index (κ2) is 6.22. The van der Waals surface area contributed by atoms with Crippen molar-refractivity contribution in [2.24, 2.45) is 5.41 Å². The molecule has 0 aliphatic rings. The normalized spacial score (nSPS) is 11.5. The molecule has 0 atom stereocenters. The van der Waals surface area contributed by atoms with Crippen LogP contribution in [0.5, 0.6) is 0 Å². The second-order valence-corrected chi connectivity index (χ2v) is 6.56. The van der Waals surface area contributed by atoms with E-state index in [1.807, 2.05) is 52.0 Å². The number of aromatic amines is 1. The number of benzene rings is 1. The Morgan fingerprint density at radius 2 is 1.91 bits per heavy atom. The minimum atomic E-state index is -0.437. The Morgan fingerprint density at radius 1 is 1.18 bits per heavy atom. The van der Waals surface area contributed by atoms with E-state index in [1.54, 1.807) is 0 Å². The molecule has 2 amide bonds. The van der Waals surface area contributed by atoms with E-state index in [0.717, 1.165) is 22.3 Å². The number of hydrogen-bond donors (Lipinski definition) is 3. The summed E-state index contributed by atoms with van der Waals surface area (Å²) < 4.78 is 0. The molecule has 22 heavy (non-hydrogen) atoms. The van der Waals surface area contributed by atoms with Crippen LogP contribution < -0.4 is 10.6 Å². The Labute approximate surface area is 130 Å². The van der Waals surface area contributed by atoms with Gasteiger partial charge < -0.3 is 15.6 Å². The van der Waals surface area contributed by atoms with Gasteiger partial charge in [-0.1, -0.05) is 20.8 Å². The Morgan fingerprint density at radius 3 is 2.59 bits per heavy atom. The highest BCUT2D eigenvalue weighted by Crippen LogP contribution is 2.20. The van der Waals surface area contributed by atoms with Crippen molar-refractivity contribution >= 4 is 28.4 Å². The summed E-state index contributed by atoms with van der Waals surface area (Å²) in [6, 6.07) is 7.78. The molecule has 118 valence electrons. The fourth-order valence-corrected chi connectivity index (χ4v) is 2.13. The van der Waals surface area contributed by atoms with Gasteiger partial charge in [-0.25, -0.2) is 0 Å². The molecule has 0 radical (unpaired) electrons. The average Bonchev–Trinajstić information content (AvgIpc) is 2.76. The monoisotopic (exact) mass is 301 g/mol. The van der Waals surface area contributed by atoms with Crippen LogP contribution in [-0.2, 0) is 9.59 Å². The van der Waals surface area contributed by atoms with Crippen LogP contribution in [0.3, 0.4) is 0 Å². The first-order valence-corrected chi connectivity index (χ1v) is 7.43. The summed E-state index contributed by atoms with van der Waals surface area (Å²) in [7, 11) is 0. The summed E-state index contributed by atoms with van der Waals surface area (Å²) in [6.45, 7) is 7.87. The number of amides is 2. The van der Waals surface area contributed by atoms with Gasteiger partial charge in [0.25, 0.3) is 0 Å². The second-order valence-electron chi connectivity index (χ2n) is 6.56. The Hall–Kier alpha value is -2.30. The number of anilines is 1. The summed E-state index contributed by atoms with van der Waals surface area (Å²) in [5.74, 6) is -0.162. The lowest BCUT2D eigenvalue weighted by atomic mass is 9.96. The van der Waals surface area contributed by atoms with Gasteiger partial charge in [-0.2, -0.15) is 0 Å². The van der Waals surface area contributed by atoms with Crippen LogP contribution in [0.25, 0.3) is 10.9 Å². The van der Waals surface area contributed by atoms with E-state index in [2.05, 4.69) is 15.6 Å². The molecule has 2 aromatic rings. The Bertz CT molecular complexity index is 695. The van der Waals surface area contributed by atoms with Crippen molar-refractivity contribution in [2.45, 2.75) is 34.1 Å². The molecule has 0 aliphatic heterocycles. The summed E-state index contributed by atoms with van der Waals surface area (Å²) in [4.78, 5) is 26.9. The van der Waals surface area contributed by atoms with Crippen molar-refractivity contribution in [1.82, 2.24) is 10.3 Å². The molecule has 0 fully saturated rings. The van der Waals surface area contributed by atoms with Crippen LogP contribution in [0.2, 0.25) is 0 Å². The fraction of sp³-hybridized carbons (Fsp3) is 0.412. The van der Waals surface area contributed by atoms with Crippen molar-refractivity contribution < 1.29 is 9.59 Å². The molecule has 5 heteroatoms. The van der Waals surface area contributed by atoms with Gasteiger partial charge in [0.2, 0.25) is 11.8 Å². The van der Waals surface area contributed by atoms with Crippen LogP contribution in [0.15, 0.2) is 24.3 Å². The average molecular weight is 301 g/mol. The van der Waals surface area contributed by atoms with Gasteiger partial charge in [-0.3, -0.25) is 9.59 Å². The van der Waals surface area contributed by atoms with Crippen LogP contribution in [0.4, 0.5) is 5.69 Å². The number of hydrogen-bond acceptors (Lipinski definition) is 2. The van der Waals surface area contributed by atoms with Crippen molar-refractivity contribution in [3.05, 3.63) is 30.0 Å². The summed E-state index contributed by atoms with van der Waals surface area (Å²) >= 11 is 0. The highest BCUT2D eigenvalue weighted by Gasteiger charge is 2.20. The van der Waals surface area contributed by atoms with Gasteiger partial charge in [-0.05, 0) is 31.2 Å². The lowest BCUT2D eigenvalue weighted by molar-refractivity contribution is -0.128. The minimum Gasteiger partial charge on any atom is -0.359 e. The van der Waals surface area contributed by atoms with Crippen LogP contribution >= 0.6 is 0 Å². The van der Waals surface area contributed by atoms with E-state index in [1.165, 1.54) is 0 Å². The molecule has 0 aliphatic carbocycles. The molecule has 0 spiro atoms. The predicted octanol–water partition coefficient (Wildman–Crippen LogP) is 2.97. The lowest BCUT2D eigenvalue weighted by Gasteiger charge is -2.17. The third-order valence-corrected chi connectivity index (χ3v) is 3.36. The van der Waals surface area contributed by atoms with E-state index in [9.17, 15) is 9.59 Å². The molecule has 1 heterocycles. The highest BCUT2D eigenvalue weighted by molar-refractivity contribution is 5.94. The van der Waals surface area contributed by atoms with Gasteiger partial charge in [-0.15, -0.1) is 0 Å². The van der Waals surface area contributed by atoms with Crippen LogP contribution in [0, 0.1) is 12.3 Å². The molecule has 1 aromatic heterocycles. The van der Waals surface area contributed by atoms with Crippen molar-refractivity contribution in [2.75, 3.05) is 11.9 Å². The predicted molar refractivity (Wildman–Crippen MR) is 88.7 cm³/mol. The maximum atomic E-state index is 11.9. The van der Waals surface area contributed by atoms with Crippen LogP contribution in [-0.4, -0.2) is 23.3 Å². The number of H-pyrrole nitrogens is 1. The first kappa shape index (κ1) is 16.1. The van der Waals surface area contributed by atoms with E-state index >= 15 is 0 Å². The zero-order chi connectivity index (χ0) is 16.3. The first-order valence-electron chi connectivity index (χ1n) is 7.43. The molecule has 2 rings (SSSR count). The van der Waals surface area contributed by atoms with Crippen molar-refractivity contribution in [3.63, 3.8) is 0 Å². The maximum Gasteiger partial charge on any atom is 0.226 e. The zero-order valence-electron chi connectivity index (χ0n) is 13.5. The third-order valence-electron chi connectivity index (χ3n) is 3.36. The van der Waals surface area contributed by atoms with E-state index < -0.39 is 5.41 Å². The molecule has 3 N–H and O–H groups in total. The number of carbonyl (C=O) groups excluding carboxylic acids is 2. The standard InChI is InChI=1S/C17H23N3O2/c1-11-9-12-10-13(5-6-14(12)19-11)20-15(21)7-8-18-16(22)17(2,3)4/h5-6,9-10,19H,7-8H2,1-4H3,(H,18,22)(H,20,21). The summed E-state index contributed by atoms with van der Waals surface area (Å²) in [5.41, 5.74) is 2.46. The van der Waals surface area contributed by atoms with Crippen LogP contribution in [0.1, 0.15) is 32.9 Å². The summed E-state index contributed by atoms with van der Waals surface area (Å²) in [5, 5.41) is 6.69. The number of nitrogens with one attached hydrogen (secondary N) is 3. The van der Waals surface area contributed by atoms with E-state index in [0.29, 0.717) is 6.54 Å². The van der Waals surface area contributed by atoms with Gasteiger partial charge in [0.1, 0.15) is 0 Å². The minimum absolute atomic E-state index is 0.0514. The maximum absolute atomic E-state index is 11.9. The first-order chi connectivity index (χ1) is 10.3. The summed E-state index contributed by atoms with van der Waals surface area (Å²) in [6.07, 6.45) is 0.256. The molecular formula is C17H23N3O2. The number of fused-ring (bicyclic) bond motifs is 1. The zero-order valence-corrected chi connectivity index (χ0v) is 13.5. The van der Waals surface area contributed by atoms with Crippen molar-refractivity contribution in [3.8, 4) is 0 Å². The quantitative estimate of drug-likeness (QED) is 0.812. The molecule has 0 saturated heterocycles. The molecule has 0 saturated carbocycles. The van der Waals surface area contributed by atoms with Gasteiger partial charge >= 0.3 is 0 Å². The number of carbonyl (C=O) groups is 2. The molecule has 1 aromatic carbocycles. The third kappa shape index (κ3) is 4.10. The van der Waals surface area contributed by atoms with Crippen molar-refractivity contribution in [1.29, 1.82) is 0 Å². The number of aromatic nitrogens is 1. The Balaban J connectivity index is 1.87. The van der Waals surface area contributed by atoms with Gasteiger partial charge in [0, 0.05) is 40.7 Å². The molecule has 5 nitrogen and oxygen atoms in total. The number of aryl methyl sites for hydroxylation is 1. The SMILES string of the molecule is Cc1cc2cc(NC(=O)CCNC(=O)C(C)(C)C)ccc2[nH]1. The smallest absolute Gasteiger partial charge is 0.226 e. The topological polar surface area (TPSA) is 74.0 Å². The van der Waals surface area contributed by atoms with Gasteiger partial charge in [0.15, 0.2) is 0 Å². The van der Waals surface area contributed by atoms with E-state index in [4.69, 9.17) is 0 Å². The molecule has 0 unspecified atom stereocenters. The number of rotatable bonds is 4. The highest BCUT2D eigenvalue weighted by atomic mass is 16.2. The largest absolute Gasteiger partial charge is 0.359 e. The van der Waals surface area contributed by atoms with E-state index in [-0.39, 0.29) is 18.2 Å². The molecular weight excluding hydrogens is 278 g/mol. The Kier molecular flexibility index (Phi) is 4.54. The molecule has 0 bridgehead atoms. The fourth-order valence-electron chi connectivity index (χ4n) is 2.13. The lowest BCUT2D eigenvalue weighted by Crippen LogP contribution is -2.36.